The first-order valence-electron chi connectivity index (χ1n) is 6.08. The van der Waals surface area contributed by atoms with E-state index in [-0.39, 0.29) is 5.75 Å². The molecule has 0 bridgehead atoms. The quantitative estimate of drug-likeness (QED) is 0.499. The van der Waals surface area contributed by atoms with Gasteiger partial charge in [0.05, 0.1) is 16.4 Å². The molecular formula is C13H15N3O2S2. The molecule has 0 radical (unpaired) electrons. The van der Waals surface area contributed by atoms with Crippen LogP contribution in [0.15, 0.2) is 46.9 Å². The minimum Gasteiger partial charge on any atom is -0.358 e. The highest BCUT2D eigenvalue weighted by Crippen LogP contribution is 2.24. The van der Waals surface area contributed by atoms with E-state index >= 15 is 0 Å². The van der Waals surface area contributed by atoms with E-state index in [4.69, 9.17) is 12.2 Å². The van der Waals surface area contributed by atoms with E-state index in [1.54, 1.807) is 30.3 Å². The van der Waals surface area contributed by atoms with Crippen molar-refractivity contribution in [1.82, 2.24) is 10.7 Å². The van der Waals surface area contributed by atoms with E-state index in [9.17, 15) is 8.42 Å². The number of thiocarbonyl (C=S) groups is 1. The summed E-state index contributed by atoms with van der Waals surface area (Å²) >= 11 is 5.04. The van der Waals surface area contributed by atoms with Crippen molar-refractivity contribution >= 4 is 32.9 Å². The molecule has 0 amide bonds. The molecule has 0 unspecified atom stereocenters. The van der Waals surface area contributed by atoms with E-state index in [1.165, 1.54) is 0 Å². The summed E-state index contributed by atoms with van der Waals surface area (Å²) in [6.45, 7) is 4.12. The van der Waals surface area contributed by atoms with Gasteiger partial charge in [-0.15, -0.1) is 6.58 Å². The third kappa shape index (κ3) is 3.23. The summed E-state index contributed by atoms with van der Waals surface area (Å²) in [5, 5.41) is 7.47. The van der Waals surface area contributed by atoms with Crippen molar-refractivity contribution in [2.45, 2.75) is 11.3 Å². The fourth-order valence-corrected chi connectivity index (χ4v) is 3.51. The fraction of sp³-hybridized carbons (Fsp3) is 0.231. The molecule has 1 aromatic carbocycles. The number of fused-ring (bicyclic) bond motifs is 1. The second-order valence-corrected chi connectivity index (χ2v) is 6.72. The first kappa shape index (κ1) is 14.7. The maximum Gasteiger partial charge on any atom is 0.187 e. The van der Waals surface area contributed by atoms with E-state index in [0.717, 1.165) is 0 Å². The molecule has 1 aromatic rings. The number of nitrogens with zero attached hydrogens (tertiary/aromatic N) is 1. The number of hydrogen-bond acceptors (Lipinski definition) is 4. The average Bonchev–Trinajstić information content (AvgIpc) is 2.44. The summed E-state index contributed by atoms with van der Waals surface area (Å²) in [6.07, 6.45) is 2.06. The fourth-order valence-electron chi connectivity index (χ4n) is 1.89. The minimum atomic E-state index is -3.20. The highest BCUT2D eigenvalue weighted by Gasteiger charge is 2.27. The standard InChI is InChI=1S/C13H15N3O2S2/c1-2-8-14-13(19)16-15-11-7-9-20(17,18)12-6-4-3-5-10(11)12/h2-6H,1,7-9H2,(H2,14,16,19). The Labute approximate surface area is 123 Å². The zero-order valence-electron chi connectivity index (χ0n) is 10.8. The highest BCUT2D eigenvalue weighted by molar-refractivity contribution is 7.91. The van der Waals surface area contributed by atoms with Crippen LogP contribution < -0.4 is 10.7 Å². The van der Waals surface area contributed by atoms with Crippen LogP contribution in [0, 0.1) is 0 Å². The van der Waals surface area contributed by atoms with Gasteiger partial charge in [0, 0.05) is 18.5 Å². The van der Waals surface area contributed by atoms with Crippen molar-refractivity contribution in [3.63, 3.8) is 0 Å². The summed E-state index contributed by atoms with van der Waals surface area (Å²) in [4.78, 5) is 0.330. The van der Waals surface area contributed by atoms with Crippen LogP contribution in [-0.4, -0.2) is 31.5 Å². The topological polar surface area (TPSA) is 70.6 Å². The van der Waals surface area contributed by atoms with Crippen LogP contribution in [0.3, 0.4) is 0 Å². The smallest absolute Gasteiger partial charge is 0.187 e. The lowest BCUT2D eigenvalue weighted by atomic mass is 10.1. The van der Waals surface area contributed by atoms with E-state index in [2.05, 4.69) is 22.4 Å². The van der Waals surface area contributed by atoms with Crippen molar-refractivity contribution < 1.29 is 8.42 Å². The minimum absolute atomic E-state index is 0.0668. The third-order valence-electron chi connectivity index (χ3n) is 2.84. The van der Waals surface area contributed by atoms with Crippen LogP contribution >= 0.6 is 12.2 Å². The molecule has 0 saturated heterocycles. The van der Waals surface area contributed by atoms with E-state index < -0.39 is 9.84 Å². The zero-order valence-corrected chi connectivity index (χ0v) is 12.4. The first-order valence-corrected chi connectivity index (χ1v) is 8.14. The molecular weight excluding hydrogens is 294 g/mol. The largest absolute Gasteiger partial charge is 0.358 e. The number of rotatable bonds is 3. The number of nitrogens with one attached hydrogen (secondary N) is 2. The lowest BCUT2D eigenvalue weighted by Gasteiger charge is -2.18. The summed E-state index contributed by atoms with van der Waals surface area (Å²) in [6, 6.07) is 6.87. The molecule has 1 aliphatic heterocycles. The maximum absolute atomic E-state index is 12.0. The molecule has 1 aliphatic rings. The van der Waals surface area contributed by atoms with Gasteiger partial charge in [-0.1, -0.05) is 24.3 Å². The molecule has 0 fully saturated rings. The summed E-state index contributed by atoms with van der Waals surface area (Å²) < 4.78 is 23.9. The molecule has 0 saturated carbocycles. The second kappa shape index (κ2) is 6.15. The van der Waals surface area contributed by atoms with Gasteiger partial charge in [0.1, 0.15) is 0 Å². The maximum atomic E-state index is 12.0. The van der Waals surface area contributed by atoms with Crippen LogP contribution in [0.25, 0.3) is 0 Å². The molecule has 7 heteroatoms. The first-order chi connectivity index (χ1) is 9.54. The van der Waals surface area contributed by atoms with Gasteiger partial charge >= 0.3 is 0 Å². The van der Waals surface area contributed by atoms with Crippen LogP contribution in [0.4, 0.5) is 0 Å². The summed E-state index contributed by atoms with van der Waals surface area (Å²) in [5.41, 5.74) is 4.05. The summed E-state index contributed by atoms with van der Waals surface area (Å²) in [7, 11) is -3.20. The third-order valence-corrected chi connectivity index (χ3v) is 4.84. The number of hydrazone groups is 1. The van der Waals surface area contributed by atoms with Gasteiger partial charge in [0.25, 0.3) is 0 Å². The molecule has 2 rings (SSSR count). The van der Waals surface area contributed by atoms with Gasteiger partial charge in [-0.3, -0.25) is 5.43 Å². The molecule has 0 atom stereocenters. The van der Waals surface area contributed by atoms with Gasteiger partial charge in [-0.05, 0) is 18.3 Å². The monoisotopic (exact) mass is 309 g/mol. The molecule has 5 nitrogen and oxygen atoms in total. The van der Waals surface area contributed by atoms with Crippen LogP contribution in [-0.2, 0) is 9.84 Å². The van der Waals surface area contributed by atoms with E-state index in [1.807, 2.05) is 0 Å². The Kier molecular flexibility index (Phi) is 4.51. The lowest BCUT2D eigenvalue weighted by molar-refractivity contribution is 0.594. The Balaban J connectivity index is 2.22. The SMILES string of the molecule is C=CCNC(=S)NN=C1CCS(=O)(=O)c2ccccc21. The number of benzene rings is 1. The van der Waals surface area contributed by atoms with Gasteiger partial charge in [0.15, 0.2) is 14.9 Å². The van der Waals surface area contributed by atoms with Crippen LogP contribution in [0.5, 0.6) is 0 Å². The number of sulfone groups is 1. The molecule has 106 valence electrons. The van der Waals surface area contributed by atoms with Crippen molar-refractivity contribution in [2.75, 3.05) is 12.3 Å². The molecule has 0 aliphatic carbocycles. The molecule has 0 aromatic heterocycles. The Morgan fingerprint density at radius 3 is 2.95 bits per heavy atom. The zero-order chi connectivity index (χ0) is 14.6. The normalized spacial score (nSPS) is 18.1. The Hall–Kier alpha value is -1.73. The Morgan fingerprint density at radius 2 is 2.20 bits per heavy atom. The predicted molar refractivity (Wildman–Crippen MR) is 83.6 cm³/mol. The van der Waals surface area contributed by atoms with Crippen molar-refractivity contribution in [3.05, 3.63) is 42.5 Å². The van der Waals surface area contributed by atoms with Crippen molar-refractivity contribution in [1.29, 1.82) is 0 Å². The van der Waals surface area contributed by atoms with E-state index in [0.29, 0.717) is 34.2 Å². The molecule has 20 heavy (non-hydrogen) atoms. The van der Waals surface area contributed by atoms with Crippen molar-refractivity contribution in [2.24, 2.45) is 5.10 Å². The lowest BCUT2D eigenvalue weighted by Crippen LogP contribution is -2.33. The van der Waals surface area contributed by atoms with Gasteiger partial charge in [-0.2, -0.15) is 5.10 Å². The predicted octanol–water partition coefficient (Wildman–Crippen LogP) is 1.22. The Bertz CT molecular complexity index is 666. The van der Waals surface area contributed by atoms with Crippen LogP contribution in [0.2, 0.25) is 0 Å². The van der Waals surface area contributed by atoms with Gasteiger partial charge in [0.2, 0.25) is 0 Å². The Morgan fingerprint density at radius 1 is 1.45 bits per heavy atom. The van der Waals surface area contributed by atoms with Gasteiger partial charge < -0.3 is 5.32 Å². The highest BCUT2D eigenvalue weighted by atomic mass is 32.2. The molecule has 0 spiro atoms. The second-order valence-electron chi connectivity index (χ2n) is 4.23. The van der Waals surface area contributed by atoms with Gasteiger partial charge in [-0.25, -0.2) is 8.42 Å². The summed E-state index contributed by atoms with van der Waals surface area (Å²) in [5.74, 6) is 0.0668. The molecule has 2 N–H and O–H groups in total. The van der Waals surface area contributed by atoms with Crippen molar-refractivity contribution in [3.8, 4) is 0 Å². The number of hydrogen-bond donors (Lipinski definition) is 2. The average molecular weight is 309 g/mol. The van der Waals surface area contributed by atoms with Crippen LogP contribution in [0.1, 0.15) is 12.0 Å². The molecule has 1 heterocycles.